The van der Waals surface area contributed by atoms with Crippen LogP contribution in [0.2, 0.25) is 0 Å². The van der Waals surface area contributed by atoms with E-state index in [9.17, 15) is 9.59 Å². The quantitative estimate of drug-likeness (QED) is 0.502. The zero-order chi connectivity index (χ0) is 9.97. The van der Waals surface area contributed by atoms with E-state index in [2.05, 4.69) is 0 Å². The van der Waals surface area contributed by atoms with Crippen molar-refractivity contribution in [1.82, 2.24) is 0 Å². The zero-order valence-corrected chi connectivity index (χ0v) is 8.34. The van der Waals surface area contributed by atoms with E-state index in [0.717, 1.165) is 25.7 Å². The van der Waals surface area contributed by atoms with Gasteiger partial charge in [0, 0.05) is 5.92 Å². The van der Waals surface area contributed by atoms with Gasteiger partial charge in [0.15, 0.2) is 0 Å². The molecular weight excluding hydrogens is 180 g/mol. The van der Waals surface area contributed by atoms with Gasteiger partial charge in [-0.2, -0.15) is 0 Å². The second-order valence-corrected chi connectivity index (χ2v) is 4.83. The van der Waals surface area contributed by atoms with E-state index in [0.29, 0.717) is 6.61 Å². The maximum absolute atomic E-state index is 11.7. The van der Waals surface area contributed by atoms with E-state index in [4.69, 9.17) is 4.74 Å². The third-order valence-corrected chi connectivity index (χ3v) is 4.33. The number of carbonyl (C=O) groups excluding carboxylic acids is 2. The molecule has 14 heavy (non-hydrogen) atoms. The van der Waals surface area contributed by atoms with Crippen LogP contribution >= 0.6 is 0 Å². The molecule has 0 unspecified atom stereocenters. The first kappa shape index (κ1) is 8.45. The van der Waals surface area contributed by atoms with E-state index >= 15 is 0 Å². The van der Waals surface area contributed by atoms with Crippen molar-refractivity contribution >= 4 is 11.8 Å². The van der Waals surface area contributed by atoms with Crippen LogP contribution in [0.15, 0.2) is 0 Å². The molecule has 3 saturated carbocycles. The number of hydrogen-bond donors (Lipinski definition) is 0. The lowest BCUT2D eigenvalue weighted by Gasteiger charge is -1.98. The summed E-state index contributed by atoms with van der Waals surface area (Å²) in [6, 6.07) is 0. The highest BCUT2D eigenvalue weighted by atomic mass is 16.5. The van der Waals surface area contributed by atoms with E-state index in [1.807, 2.05) is 0 Å². The lowest BCUT2D eigenvalue weighted by molar-refractivity contribution is -0.154. The molecule has 0 aromatic heterocycles. The van der Waals surface area contributed by atoms with Crippen LogP contribution in [0.4, 0.5) is 0 Å². The fourth-order valence-electron chi connectivity index (χ4n) is 3.40. The summed E-state index contributed by atoms with van der Waals surface area (Å²) in [6.45, 7) is 2.04. The third kappa shape index (κ3) is 0.748. The number of ether oxygens (including phenoxy) is 1. The molecule has 2 spiro atoms. The Kier molecular flexibility index (Phi) is 1.33. The molecule has 3 aliphatic rings. The summed E-state index contributed by atoms with van der Waals surface area (Å²) in [5.41, 5.74) is 0.549. The van der Waals surface area contributed by atoms with Crippen molar-refractivity contribution in [3.8, 4) is 0 Å². The molecule has 3 heteroatoms. The van der Waals surface area contributed by atoms with E-state index in [-0.39, 0.29) is 22.5 Å². The van der Waals surface area contributed by atoms with Gasteiger partial charge in [0.2, 0.25) is 5.78 Å². The topological polar surface area (TPSA) is 43.4 Å². The Balaban J connectivity index is 1.73. The van der Waals surface area contributed by atoms with Crippen molar-refractivity contribution < 1.29 is 14.3 Å². The summed E-state index contributed by atoms with van der Waals surface area (Å²) < 4.78 is 4.76. The lowest BCUT2D eigenvalue weighted by atomic mass is 10.2. The highest BCUT2D eigenvalue weighted by molar-refractivity contribution is 6.36. The summed E-state index contributed by atoms with van der Waals surface area (Å²) >= 11 is 0. The van der Waals surface area contributed by atoms with Crippen molar-refractivity contribution in [2.24, 2.45) is 16.7 Å². The number of fused-ring (bicyclic) bond motifs is 1. The van der Waals surface area contributed by atoms with Crippen molar-refractivity contribution in [2.45, 2.75) is 32.6 Å². The molecule has 0 aromatic carbocycles. The molecule has 76 valence electrons. The van der Waals surface area contributed by atoms with Gasteiger partial charge in [0.05, 0.1) is 6.61 Å². The summed E-state index contributed by atoms with van der Waals surface area (Å²) in [5, 5.41) is 0. The molecule has 0 aliphatic heterocycles. The summed E-state index contributed by atoms with van der Waals surface area (Å²) in [6.07, 6.45) is 4.62. The van der Waals surface area contributed by atoms with E-state index in [1.165, 1.54) is 0 Å². The van der Waals surface area contributed by atoms with Crippen molar-refractivity contribution in [3.05, 3.63) is 0 Å². The van der Waals surface area contributed by atoms with Gasteiger partial charge in [-0.25, -0.2) is 4.79 Å². The molecule has 3 fully saturated rings. The Labute approximate surface area is 82.8 Å². The Morgan fingerprint density at radius 2 is 1.71 bits per heavy atom. The summed E-state index contributed by atoms with van der Waals surface area (Å²) in [5.74, 6) is -0.816. The summed E-state index contributed by atoms with van der Waals surface area (Å²) in [7, 11) is 0. The second-order valence-electron chi connectivity index (χ2n) is 4.83. The highest BCUT2D eigenvalue weighted by Crippen LogP contribution is 2.92. The van der Waals surface area contributed by atoms with Crippen LogP contribution < -0.4 is 0 Å². The number of ketones is 1. The van der Waals surface area contributed by atoms with Crippen molar-refractivity contribution in [3.63, 3.8) is 0 Å². The average Bonchev–Trinajstić information content (AvgIpc) is 2.98. The molecule has 0 saturated heterocycles. The Morgan fingerprint density at radius 3 is 2.07 bits per heavy atom. The fourth-order valence-corrected chi connectivity index (χ4v) is 3.40. The minimum absolute atomic E-state index is 0.0362. The number of Topliss-reactive ketones (excluding diaryl/α,β-unsaturated/α-hetero) is 1. The first-order valence-electron chi connectivity index (χ1n) is 5.39. The van der Waals surface area contributed by atoms with Gasteiger partial charge in [0.25, 0.3) is 0 Å². The minimum atomic E-state index is -0.604. The van der Waals surface area contributed by atoms with Crippen LogP contribution in [0.1, 0.15) is 32.6 Å². The van der Waals surface area contributed by atoms with Crippen LogP contribution in [-0.2, 0) is 14.3 Å². The van der Waals surface area contributed by atoms with Gasteiger partial charge >= 0.3 is 5.97 Å². The molecule has 3 rings (SSSR count). The molecule has 0 atom stereocenters. The van der Waals surface area contributed by atoms with Gasteiger partial charge in [-0.3, -0.25) is 4.79 Å². The maximum Gasteiger partial charge on any atom is 0.374 e. The molecular formula is C11H14O3. The Bertz CT molecular complexity index is 305. The Morgan fingerprint density at radius 1 is 1.21 bits per heavy atom. The van der Waals surface area contributed by atoms with Crippen LogP contribution in [0.25, 0.3) is 0 Å². The van der Waals surface area contributed by atoms with Gasteiger partial charge in [-0.05, 0) is 43.4 Å². The number of carbonyl (C=O) groups is 2. The predicted molar refractivity (Wildman–Crippen MR) is 48.5 cm³/mol. The first-order valence-corrected chi connectivity index (χ1v) is 5.39. The van der Waals surface area contributed by atoms with Gasteiger partial charge in [-0.15, -0.1) is 0 Å². The SMILES string of the molecule is CCOC(=O)C(=O)C1C2(CC2)C12CC2. The van der Waals surface area contributed by atoms with Crippen molar-refractivity contribution in [2.75, 3.05) is 6.61 Å². The molecule has 3 nitrogen and oxygen atoms in total. The van der Waals surface area contributed by atoms with Crippen molar-refractivity contribution in [1.29, 1.82) is 0 Å². The molecule has 0 radical (unpaired) electrons. The fraction of sp³-hybridized carbons (Fsp3) is 0.818. The maximum atomic E-state index is 11.7. The van der Waals surface area contributed by atoms with Gasteiger partial charge in [0.1, 0.15) is 0 Å². The second kappa shape index (κ2) is 2.20. The molecule has 0 N–H and O–H groups in total. The van der Waals surface area contributed by atoms with Crippen LogP contribution in [0.3, 0.4) is 0 Å². The zero-order valence-electron chi connectivity index (χ0n) is 8.34. The van der Waals surface area contributed by atoms with Crippen LogP contribution in [-0.4, -0.2) is 18.4 Å². The number of hydrogen-bond acceptors (Lipinski definition) is 3. The molecule has 0 bridgehead atoms. The summed E-state index contributed by atoms with van der Waals surface area (Å²) in [4.78, 5) is 23.0. The normalized spacial score (nSPS) is 32.8. The number of esters is 1. The van der Waals surface area contributed by atoms with Gasteiger partial charge in [-0.1, -0.05) is 0 Å². The molecule has 0 aromatic rings. The lowest BCUT2D eigenvalue weighted by Crippen LogP contribution is -2.20. The first-order chi connectivity index (χ1) is 6.68. The smallest absolute Gasteiger partial charge is 0.374 e. The molecule has 3 aliphatic carbocycles. The monoisotopic (exact) mass is 194 g/mol. The van der Waals surface area contributed by atoms with Gasteiger partial charge < -0.3 is 4.74 Å². The van der Waals surface area contributed by atoms with Crippen LogP contribution in [0.5, 0.6) is 0 Å². The third-order valence-electron chi connectivity index (χ3n) is 4.33. The number of rotatable bonds is 3. The largest absolute Gasteiger partial charge is 0.460 e. The highest BCUT2D eigenvalue weighted by Gasteiger charge is 2.89. The standard InChI is InChI=1S/C11H14O3/c1-2-14-9(13)7(12)8-10(3-4-10)11(8)5-6-11/h8H,2-6H2,1H3. The average molecular weight is 194 g/mol. The Hall–Kier alpha value is -0.860. The molecule has 0 amide bonds. The predicted octanol–water partition coefficient (Wildman–Crippen LogP) is 1.31. The van der Waals surface area contributed by atoms with E-state index < -0.39 is 5.97 Å². The van der Waals surface area contributed by atoms with E-state index in [1.54, 1.807) is 6.92 Å². The van der Waals surface area contributed by atoms with Crippen LogP contribution in [0, 0.1) is 16.7 Å². The minimum Gasteiger partial charge on any atom is -0.460 e. The molecule has 0 heterocycles.